The molecule has 0 rings (SSSR count). The second-order valence-electron chi connectivity index (χ2n) is 22.1. The normalized spacial score (nSPS) is 12.9. The van der Waals surface area contributed by atoms with Crippen LogP contribution in [0.4, 0.5) is 0 Å². The quantitative estimate of drug-likeness (QED) is 0.0320. The third kappa shape index (κ3) is 58.9. The van der Waals surface area contributed by atoms with E-state index in [1.54, 1.807) is 6.08 Å². The summed E-state index contributed by atoms with van der Waals surface area (Å²) in [5, 5.41) is 23.2. The van der Waals surface area contributed by atoms with Gasteiger partial charge < -0.3 is 20.3 Å². The highest BCUT2D eigenvalue weighted by molar-refractivity contribution is 5.76. The number of carbonyl (C=O) groups excluding carboxylic acids is 2. The first-order valence-corrected chi connectivity index (χ1v) is 32.4. The molecule has 2 unspecified atom stereocenters. The van der Waals surface area contributed by atoms with E-state index in [-0.39, 0.29) is 18.5 Å². The predicted octanol–water partition coefficient (Wildman–Crippen LogP) is 20.5. The zero-order valence-corrected chi connectivity index (χ0v) is 48.9. The molecule has 6 nitrogen and oxygen atoms in total. The summed E-state index contributed by atoms with van der Waals surface area (Å²) in [6, 6.07) is -0.637. The smallest absolute Gasteiger partial charge is 0.305 e. The number of aliphatic hydroxyl groups excluding tert-OH is 2. The molecule has 2 atom stereocenters. The van der Waals surface area contributed by atoms with Crippen molar-refractivity contribution in [3.05, 3.63) is 48.6 Å². The van der Waals surface area contributed by atoms with Crippen molar-refractivity contribution in [3.8, 4) is 0 Å². The molecular weight excluding hydrogens is 899 g/mol. The van der Waals surface area contributed by atoms with Crippen LogP contribution in [0.25, 0.3) is 0 Å². The summed E-state index contributed by atoms with van der Waals surface area (Å²) in [6.07, 6.45) is 80.1. The SMILES string of the molecule is CCCC/C=C\C/C=C\CCCCCCCC(=O)OCCCCCCCCCC/C=C\CCCCCCCCCC(=O)NC(CO)C(O)/C=C/CCCCCCCCCCCCCCCCCCCCCCC. The number of allylic oxidation sites excluding steroid dienone is 7. The van der Waals surface area contributed by atoms with Gasteiger partial charge in [-0.25, -0.2) is 0 Å². The molecule has 0 aliphatic carbocycles. The zero-order valence-electron chi connectivity index (χ0n) is 48.9. The van der Waals surface area contributed by atoms with Crippen LogP contribution in [0.15, 0.2) is 48.6 Å². The lowest BCUT2D eigenvalue weighted by atomic mass is 10.0. The lowest BCUT2D eigenvalue weighted by Crippen LogP contribution is -2.45. The first-order valence-electron chi connectivity index (χ1n) is 32.4. The number of hydrogen-bond acceptors (Lipinski definition) is 5. The molecule has 3 N–H and O–H groups in total. The Kier molecular flexibility index (Phi) is 60.5. The minimum Gasteiger partial charge on any atom is -0.466 e. The van der Waals surface area contributed by atoms with Gasteiger partial charge in [0.25, 0.3) is 0 Å². The first-order chi connectivity index (χ1) is 36.0. The summed E-state index contributed by atoms with van der Waals surface area (Å²) in [7, 11) is 0. The molecule has 0 saturated carbocycles. The maximum Gasteiger partial charge on any atom is 0.305 e. The van der Waals surface area contributed by atoms with Gasteiger partial charge in [0.1, 0.15) is 0 Å². The van der Waals surface area contributed by atoms with Crippen molar-refractivity contribution in [2.45, 2.75) is 353 Å². The molecule has 0 bridgehead atoms. The van der Waals surface area contributed by atoms with Crippen molar-refractivity contribution < 1.29 is 24.5 Å². The van der Waals surface area contributed by atoms with E-state index in [1.165, 1.54) is 250 Å². The Bertz CT molecular complexity index is 1230. The first kappa shape index (κ1) is 70.8. The highest BCUT2D eigenvalue weighted by Gasteiger charge is 2.18. The Hall–Kier alpha value is -2.18. The van der Waals surface area contributed by atoms with Crippen LogP contribution in [0.5, 0.6) is 0 Å². The topological polar surface area (TPSA) is 95.9 Å². The number of amides is 1. The number of rotatable bonds is 60. The second kappa shape index (κ2) is 62.4. The lowest BCUT2D eigenvalue weighted by Gasteiger charge is -2.20. The van der Waals surface area contributed by atoms with Crippen LogP contribution in [0.2, 0.25) is 0 Å². The Morgan fingerprint density at radius 2 is 0.699 bits per heavy atom. The molecule has 0 saturated heterocycles. The number of esters is 1. The van der Waals surface area contributed by atoms with E-state index in [2.05, 4.69) is 55.6 Å². The Morgan fingerprint density at radius 1 is 0.384 bits per heavy atom. The predicted molar refractivity (Wildman–Crippen MR) is 319 cm³/mol. The molecule has 0 radical (unpaired) electrons. The van der Waals surface area contributed by atoms with Crippen LogP contribution >= 0.6 is 0 Å². The molecule has 0 aromatic heterocycles. The average molecular weight is 1020 g/mol. The average Bonchev–Trinajstić information content (AvgIpc) is 3.39. The molecule has 0 aromatic carbocycles. The van der Waals surface area contributed by atoms with E-state index in [0.29, 0.717) is 19.4 Å². The summed E-state index contributed by atoms with van der Waals surface area (Å²) >= 11 is 0. The molecule has 6 heteroatoms. The monoisotopic (exact) mass is 1020 g/mol. The third-order valence-electron chi connectivity index (χ3n) is 14.8. The largest absolute Gasteiger partial charge is 0.466 e. The third-order valence-corrected chi connectivity index (χ3v) is 14.8. The van der Waals surface area contributed by atoms with Gasteiger partial charge >= 0.3 is 5.97 Å². The van der Waals surface area contributed by atoms with Crippen molar-refractivity contribution >= 4 is 11.9 Å². The molecular formula is C67H125NO5. The van der Waals surface area contributed by atoms with E-state index >= 15 is 0 Å². The molecule has 0 aliphatic heterocycles. The van der Waals surface area contributed by atoms with Gasteiger partial charge in [-0.3, -0.25) is 9.59 Å². The Balaban J connectivity index is 3.48. The number of aliphatic hydroxyl groups is 2. The van der Waals surface area contributed by atoms with Gasteiger partial charge in [0, 0.05) is 12.8 Å². The highest BCUT2D eigenvalue weighted by Crippen LogP contribution is 2.17. The zero-order chi connectivity index (χ0) is 52.9. The van der Waals surface area contributed by atoms with Gasteiger partial charge in [-0.1, -0.05) is 294 Å². The van der Waals surface area contributed by atoms with Gasteiger partial charge in [-0.15, -0.1) is 0 Å². The van der Waals surface area contributed by atoms with Crippen LogP contribution in [-0.4, -0.2) is 47.4 Å². The van der Waals surface area contributed by atoms with E-state index in [9.17, 15) is 19.8 Å². The fourth-order valence-electron chi connectivity index (χ4n) is 9.82. The van der Waals surface area contributed by atoms with Crippen molar-refractivity contribution in [3.63, 3.8) is 0 Å². The minimum absolute atomic E-state index is 0.0114. The van der Waals surface area contributed by atoms with Crippen LogP contribution in [0, 0.1) is 0 Å². The van der Waals surface area contributed by atoms with Gasteiger partial charge in [-0.2, -0.15) is 0 Å². The van der Waals surface area contributed by atoms with Gasteiger partial charge in [0.15, 0.2) is 0 Å². The number of nitrogens with one attached hydrogen (secondary N) is 1. The summed E-state index contributed by atoms with van der Waals surface area (Å²) < 4.78 is 5.47. The fraction of sp³-hybridized carbons (Fsp3) is 0.851. The van der Waals surface area contributed by atoms with E-state index < -0.39 is 12.1 Å². The number of hydrogen-bond donors (Lipinski definition) is 3. The molecule has 0 heterocycles. The Morgan fingerprint density at radius 3 is 1.10 bits per heavy atom. The highest BCUT2D eigenvalue weighted by atomic mass is 16.5. The van der Waals surface area contributed by atoms with E-state index in [0.717, 1.165) is 64.2 Å². The molecule has 73 heavy (non-hydrogen) atoms. The molecule has 428 valence electrons. The maximum atomic E-state index is 12.5. The minimum atomic E-state index is -0.853. The summed E-state index contributed by atoms with van der Waals surface area (Å²) in [4.78, 5) is 24.6. The van der Waals surface area contributed by atoms with Crippen molar-refractivity contribution in [2.24, 2.45) is 0 Å². The van der Waals surface area contributed by atoms with Crippen LogP contribution in [0.3, 0.4) is 0 Å². The number of carbonyl (C=O) groups is 2. The summed E-state index contributed by atoms with van der Waals surface area (Å²) in [5.41, 5.74) is 0. The van der Waals surface area contributed by atoms with Gasteiger partial charge in [0.05, 0.1) is 25.4 Å². The van der Waals surface area contributed by atoms with Gasteiger partial charge in [0.2, 0.25) is 5.91 Å². The molecule has 1 amide bonds. The second-order valence-corrected chi connectivity index (χ2v) is 22.1. The lowest BCUT2D eigenvalue weighted by molar-refractivity contribution is -0.143. The fourth-order valence-corrected chi connectivity index (χ4v) is 9.82. The summed E-state index contributed by atoms with van der Waals surface area (Å²) in [5.74, 6) is -0.0869. The van der Waals surface area contributed by atoms with Crippen LogP contribution in [0.1, 0.15) is 341 Å². The standard InChI is InChI=1S/C67H125NO5/c1-3-5-7-9-11-13-15-17-19-20-21-22-23-24-26-29-32-35-39-43-47-51-55-59-65(70)64(63-69)68-66(71)60-56-52-48-44-40-36-33-30-27-25-28-31-34-38-42-46-50-54-58-62-73-67(72)61-57-53-49-45-41-37-18-16-14-12-10-8-6-4-2/h10,12,16,18,25,27,55,59,64-65,69-70H,3-9,11,13-15,17,19-24,26,28-54,56-58,60-63H2,1-2H3,(H,68,71)/b12-10-,18-16-,27-25-,59-55+. The van der Waals surface area contributed by atoms with E-state index in [4.69, 9.17) is 4.74 Å². The summed E-state index contributed by atoms with van der Waals surface area (Å²) in [6.45, 7) is 4.86. The number of unbranched alkanes of at least 4 members (excludes halogenated alkanes) is 43. The van der Waals surface area contributed by atoms with Crippen LogP contribution in [-0.2, 0) is 14.3 Å². The molecule has 0 spiro atoms. The maximum absolute atomic E-state index is 12.5. The van der Waals surface area contributed by atoms with Crippen molar-refractivity contribution in [1.29, 1.82) is 0 Å². The molecule has 0 fully saturated rings. The number of ether oxygens (including phenoxy) is 1. The molecule has 0 aliphatic rings. The molecule has 0 aromatic rings. The van der Waals surface area contributed by atoms with E-state index in [1.807, 2.05) is 6.08 Å². The van der Waals surface area contributed by atoms with Crippen LogP contribution < -0.4 is 5.32 Å². The van der Waals surface area contributed by atoms with Gasteiger partial charge in [-0.05, 0) is 83.5 Å². The van der Waals surface area contributed by atoms with Crippen molar-refractivity contribution in [1.82, 2.24) is 5.32 Å². The van der Waals surface area contributed by atoms with Crippen molar-refractivity contribution in [2.75, 3.05) is 13.2 Å². The Labute approximate surface area is 455 Å².